The summed E-state index contributed by atoms with van der Waals surface area (Å²) in [5.74, 6) is 0.148. The van der Waals surface area contributed by atoms with E-state index in [-0.39, 0.29) is 24.0 Å². The standard InChI is InChI=1S/C16H28N2O4S/c1-12-11-14-5-3-4-6-15(14)18(12)23(20,21)17-9-7-13(8-10-17)16(19)22-2/h12-15H,3-11H2,1-2H3. The molecule has 2 aliphatic heterocycles. The lowest BCUT2D eigenvalue weighted by molar-refractivity contribution is -0.146. The van der Waals surface area contributed by atoms with Crippen molar-refractivity contribution in [2.45, 2.75) is 64.0 Å². The molecule has 0 N–H and O–H groups in total. The summed E-state index contributed by atoms with van der Waals surface area (Å²) in [4.78, 5) is 11.6. The van der Waals surface area contributed by atoms with Crippen LogP contribution in [0, 0.1) is 11.8 Å². The van der Waals surface area contributed by atoms with Crippen LogP contribution in [0.3, 0.4) is 0 Å². The third-order valence-electron chi connectivity index (χ3n) is 5.86. The molecule has 0 spiro atoms. The fraction of sp³-hybridized carbons (Fsp3) is 0.938. The molecule has 23 heavy (non-hydrogen) atoms. The number of piperidine rings is 1. The van der Waals surface area contributed by atoms with Crippen LogP contribution in [0.4, 0.5) is 0 Å². The second-order valence-electron chi connectivity index (χ2n) is 7.23. The molecule has 2 saturated heterocycles. The molecule has 3 atom stereocenters. The van der Waals surface area contributed by atoms with E-state index in [2.05, 4.69) is 0 Å². The van der Waals surface area contributed by atoms with Gasteiger partial charge in [0.1, 0.15) is 0 Å². The molecule has 1 aliphatic carbocycles. The fourth-order valence-electron chi connectivity index (χ4n) is 4.69. The molecule has 0 radical (unpaired) electrons. The maximum atomic E-state index is 13.1. The van der Waals surface area contributed by atoms with Crippen molar-refractivity contribution in [2.24, 2.45) is 11.8 Å². The van der Waals surface area contributed by atoms with Crippen LogP contribution in [0.5, 0.6) is 0 Å². The molecule has 132 valence electrons. The highest BCUT2D eigenvalue weighted by Crippen LogP contribution is 2.42. The Morgan fingerprint density at radius 2 is 1.74 bits per heavy atom. The van der Waals surface area contributed by atoms with Crippen molar-refractivity contribution in [2.75, 3.05) is 20.2 Å². The first-order valence-electron chi connectivity index (χ1n) is 8.81. The van der Waals surface area contributed by atoms with Gasteiger partial charge in [0.05, 0.1) is 13.0 Å². The van der Waals surface area contributed by atoms with E-state index >= 15 is 0 Å². The van der Waals surface area contributed by atoms with Crippen molar-refractivity contribution in [3.8, 4) is 0 Å². The summed E-state index contributed by atoms with van der Waals surface area (Å²) < 4.78 is 34.4. The van der Waals surface area contributed by atoms with Gasteiger partial charge in [-0.3, -0.25) is 4.79 Å². The van der Waals surface area contributed by atoms with E-state index in [0.29, 0.717) is 31.8 Å². The minimum absolute atomic E-state index is 0.0893. The first-order chi connectivity index (χ1) is 10.9. The van der Waals surface area contributed by atoms with E-state index in [0.717, 1.165) is 25.7 Å². The van der Waals surface area contributed by atoms with E-state index in [9.17, 15) is 13.2 Å². The van der Waals surface area contributed by atoms with Crippen LogP contribution < -0.4 is 0 Å². The van der Waals surface area contributed by atoms with Crippen LogP contribution >= 0.6 is 0 Å². The Kier molecular flexibility index (Phi) is 4.99. The highest BCUT2D eigenvalue weighted by molar-refractivity contribution is 7.86. The summed E-state index contributed by atoms with van der Waals surface area (Å²) in [5.41, 5.74) is 0. The van der Waals surface area contributed by atoms with Gasteiger partial charge in [-0.05, 0) is 44.9 Å². The Morgan fingerprint density at radius 3 is 2.39 bits per heavy atom. The van der Waals surface area contributed by atoms with Crippen LogP contribution in [0.25, 0.3) is 0 Å². The molecular formula is C16H28N2O4S. The number of fused-ring (bicyclic) bond motifs is 1. The summed E-state index contributed by atoms with van der Waals surface area (Å²) >= 11 is 0. The highest BCUT2D eigenvalue weighted by atomic mass is 32.2. The number of carbonyl (C=O) groups is 1. The van der Waals surface area contributed by atoms with Crippen molar-refractivity contribution in [1.82, 2.24) is 8.61 Å². The lowest BCUT2D eigenvalue weighted by Gasteiger charge is -2.38. The minimum atomic E-state index is -3.42. The molecule has 2 heterocycles. The van der Waals surface area contributed by atoms with Crippen LogP contribution in [-0.4, -0.2) is 55.3 Å². The normalized spacial score (nSPS) is 34.3. The van der Waals surface area contributed by atoms with Crippen molar-refractivity contribution < 1.29 is 17.9 Å². The number of ether oxygens (including phenoxy) is 1. The molecule has 3 rings (SSSR count). The monoisotopic (exact) mass is 344 g/mol. The van der Waals surface area contributed by atoms with Crippen molar-refractivity contribution >= 4 is 16.2 Å². The Bertz CT molecular complexity index is 542. The maximum Gasteiger partial charge on any atom is 0.308 e. The fourth-order valence-corrected chi connectivity index (χ4v) is 6.79. The van der Waals surface area contributed by atoms with Gasteiger partial charge in [0.2, 0.25) is 0 Å². The predicted octanol–water partition coefficient (Wildman–Crippen LogP) is 1.77. The average Bonchev–Trinajstić information content (AvgIpc) is 2.90. The summed E-state index contributed by atoms with van der Waals surface area (Å²) in [7, 11) is -2.03. The van der Waals surface area contributed by atoms with Gasteiger partial charge in [-0.1, -0.05) is 12.8 Å². The van der Waals surface area contributed by atoms with Gasteiger partial charge in [-0.2, -0.15) is 17.0 Å². The number of nitrogens with zero attached hydrogens (tertiary/aromatic N) is 2. The Labute approximate surface area is 139 Å². The third kappa shape index (κ3) is 3.15. The van der Waals surface area contributed by atoms with Gasteiger partial charge in [-0.25, -0.2) is 0 Å². The average molecular weight is 344 g/mol. The van der Waals surface area contributed by atoms with Crippen molar-refractivity contribution in [3.63, 3.8) is 0 Å². The van der Waals surface area contributed by atoms with E-state index < -0.39 is 10.2 Å². The molecule has 0 aromatic heterocycles. The first kappa shape index (κ1) is 17.2. The summed E-state index contributed by atoms with van der Waals surface area (Å²) in [6.45, 7) is 2.88. The van der Waals surface area contributed by atoms with Gasteiger partial charge in [-0.15, -0.1) is 0 Å². The van der Waals surface area contributed by atoms with E-state index in [1.54, 1.807) is 8.61 Å². The number of hydrogen-bond acceptors (Lipinski definition) is 4. The number of esters is 1. The van der Waals surface area contributed by atoms with Gasteiger partial charge < -0.3 is 4.74 Å². The SMILES string of the molecule is COC(=O)C1CCN(S(=O)(=O)N2C(C)CC3CCCCC32)CC1. The van der Waals surface area contributed by atoms with Crippen LogP contribution in [-0.2, 0) is 19.7 Å². The second kappa shape index (κ2) is 6.69. The van der Waals surface area contributed by atoms with E-state index in [4.69, 9.17) is 4.74 Å². The molecule has 0 aromatic rings. The van der Waals surface area contributed by atoms with E-state index in [1.807, 2.05) is 6.92 Å². The number of carbonyl (C=O) groups excluding carboxylic acids is 1. The van der Waals surface area contributed by atoms with Gasteiger partial charge in [0.25, 0.3) is 10.2 Å². The first-order valence-corrected chi connectivity index (χ1v) is 10.2. The molecule has 1 saturated carbocycles. The topological polar surface area (TPSA) is 66.9 Å². The molecule has 7 heteroatoms. The second-order valence-corrected chi connectivity index (χ2v) is 9.06. The van der Waals surface area contributed by atoms with Gasteiger partial charge >= 0.3 is 5.97 Å². The number of rotatable bonds is 3. The predicted molar refractivity (Wildman–Crippen MR) is 86.9 cm³/mol. The summed E-state index contributed by atoms with van der Waals surface area (Å²) in [6, 6.07) is 0.272. The third-order valence-corrected chi connectivity index (χ3v) is 8.04. The molecule has 3 fully saturated rings. The molecule has 0 aromatic carbocycles. The molecule has 6 nitrogen and oxygen atoms in total. The molecule has 0 amide bonds. The minimum Gasteiger partial charge on any atom is -0.469 e. The van der Waals surface area contributed by atoms with Crippen molar-refractivity contribution in [1.29, 1.82) is 0 Å². The molecule has 0 bridgehead atoms. The summed E-state index contributed by atoms with van der Waals surface area (Å²) in [6.07, 6.45) is 6.61. The number of hydrogen-bond donors (Lipinski definition) is 0. The Balaban J connectivity index is 1.71. The van der Waals surface area contributed by atoms with Crippen molar-refractivity contribution in [3.05, 3.63) is 0 Å². The quantitative estimate of drug-likeness (QED) is 0.732. The molecular weight excluding hydrogens is 316 g/mol. The van der Waals surface area contributed by atoms with Gasteiger partial charge in [0.15, 0.2) is 0 Å². The Morgan fingerprint density at radius 1 is 1.09 bits per heavy atom. The molecule has 3 unspecified atom stereocenters. The molecule has 3 aliphatic rings. The smallest absolute Gasteiger partial charge is 0.308 e. The largest absolute Gasteiger partial charge is 0.469 e. The zero-order valence-corrected chi connectivity index (χ0v) is 14.9. The maximum absolute atomic E-state index is 13.1. The summed E-state index contributed by atoms with van der Waals surface area (Å²) in [5, 5.41) is 0. The lowest BCUT2D eigenvalue weighted by Crippen LogP contribution is -2.52. The zero-order chi connectivity index (χ0) is 16.6. The lowest BCUT2D eigenvalue weighted by atomic mass is 9.85. The zero-order valence-electron chi connectivity index (χ0n) is 14.1. The van der Waals surface area contributed by atoms with Crippen LogP contribution in [0.1, 0.15) is 51.9 Å². The Hall–Kier alpha value is -0.660. The highest BCUT2D eigenvalue weighted by Gasteiger charge is 2.48. The van der Waals surface area contributed by atoms with E-state index in [1.165, 1.54) is 13.5 Å². The van der Waals surface area contributed by atoms with Crippen LogP contribution in [0.15, 0.2) is 0 Å². The number of methoxy groups -OCH3 is 1. The van der Waals surface area contributed by atoms with Crippen LogP contribution in [0.2, 0.25) is 0 Å². The van der Waals surface area contributed by atoms with Gasteiger partial charge in [0, 0.05) is 25.2 Å².